The molecule has 43 heavy (non-hydrogen) atoms. The number of benzene rings is 4. The second-order valence-electron chi connectivity index (χ2n) is 10.5. The van der Waals surface area contributed by atoms with E-state index in [1.54, 1.807) is 17.2 Å². The Bertz CT molecular complexity index is 1990. The van der Waals surface area contributed by atoms with Crippen molar-refractivity contribution in [2.24, 2.45) is 0 Å². The molecule has 0 atom stereocenters. The Morgan fingerprint density at radius 3 is 2.47 bits per heavy atom. The number of nitrogens with zero attached hydrogens (tertiary/aromatic N) is 3. The molecule has 7 heteroatoms. The number of carbonyl (C=O) groups excluding carboxylic acids is 2. The standard InChI is InChI=1S/C36H27ClN4O2/c37-32-20-25(15-17-31(32)30-13-7-10-24-8-1-3-12-29(24)30)36(43)41-23-28-16-18-34(35(42)39-21-27-11-5-6-19-38-27)40(28)22-26-9-2-4-14-33(26)41/h1-20H,21-23H2,(H,39,42). The fourth-order valence-corrected chi connectivity index (χ4v) is 6.07. The number of pyridine rings is 1. The molecule has 0 aliphatic carbocycles. The Kier molecular flexibility index (Phi) is 6.97. The molecule has 210 valence electrons. The van der Waals surface area contributed by atoms with Gasteiger partial charge in [-0.2, -0.15) is 0 Å². The number of rotatable bonds is 5. The molecule has 0 fully saturated rings. The normalized spacial score (nSPS) is 12.3. The number of aromatic nitrogens is 2. The topological polar surface area (TPSA) is 67.2 Å². The van der Waals surface area contributed by atoms with Crippen molar-refractivity contribution in [3.05, 3.63) is 155 Å². The van der Waals surface area contributed by atoms with Crippen LogP contribution in [0, 0.1) is 0 Å². The highest BCUT2D eigenvalue weighted by Crippen LogP contribution is 2.35. The van der Waals surface area contributed by atoms with Crippen LogP contribution in [-0.2, 0) is 19.6 Å². The SMILES string of the molecule is O=C(NCc1ccccn1)c1ccc2n1Cc1ccccc1N(C(=O)c1ccc(-c3cccc4ccccc34)c(Cl)c1)C2. The maximum Gasteiger partial charge on any atom is 0.268 e. The molecule has 1 aliphatic heterocycles. The molecule has 0 saturated carbocycles. The Labute approximate surface area is 254 Å². The maximum absolute atomic E-state index is 14.1. The van der Waals surface area contributed by atoms with Gasteiger partial charge in [0.25, 0.3) is 11.8 Å². The van der Waals surface area contributed by atoms with E-state index in [1.807, 2.05) is 95.6 Å². The smallest absolute Gasteiger partial charge is 0.268 e. The van der Waals surface area contributed by atoms with E-state index in [0.29, 0.717) is 35.9 Å². The summed E-state index contributed by atoms with van der Waals surface area (Å²) < 4.78 is 1.98. The summed E-state index contributed by atoms with van der Waals surface area (Å²) in [5.74, 6) is -0.348. The summed E-state index contributed by atoms with van der Waals surface area (Å²) in [5, 5.41) is 5.72. The fourth-order valence-electron chi connectivity index (χ4n) is 5.79. The number of carbonyl (C=O) groups is 2. The fraction of sp³-hybridized carbons (Fsp3) is 0.0833. The molecule has 3 heterocycles. The molecule has 4 aromatic carbocycles. The van der Waals surface area contributed by atoms with E-state index in [9.17, 15) is 9.59 Å². The van der Waals surface area contributed by atoms with Crippen molar-refractivity contribution in [3.8, 4) is 11.1 Å². The Hall–Kier alpha value is -5.20. The van der Waals surface area contributed by atoms with E-state index in [2.05, 4.69) is 28.5 Å². The minimum atomic E-state index is -0.190. The Morgan fingerprint density at radius 2 is 1.60 bits per heavy atom. The highest BCUT2D eigenvalue weighted by Gasteiger charge is 2.28. The van der Waals surface area contributed by atoms with Crippen LogP contribution < -0.4 is 10.2 Å². The van der Waals surface area contributed by atoms with Crippen LogP contribution in [0.3, 0.4) is 0 Å². The molecule has 2 aromatic heterocycles. The number of nitrogens with one attached hydrogen (secondary N) is 1. The third kappa shape index (κ3) is 5.07. The Morgan fingerprint density at radius 1 is 0.791 bits per heavy atom. The van der Waals surface area contributed by atoms with Crippen LogP contribution in [0.15, 0.2) is 121 Å². The van der Waals surface area contributed by atoms with Gasteiger partial charge >= 0.3 is 0 Å². The zero-order valence-electron chi connectivity index (χ0n) is 23.2. The van der Waals surface area contributed by atoms with Gasteiger partial charge in [0.1, 0.15) is 5.69 Å². The van der Waals surface area contributed by atoms with Crippen LogP contribution in [0.25, 0.3) is 21.9 Å². The summed E-state index contributed by atoms with van der Waals surface area (Å²) in [4.78, 5) is 33.4. The predicted octanol–water partition coefficient (Wildman–Crippen LogP) is 7.50. The van der Waals surface area contributed by atoms with Crippen molar-refractivity contribution in [1.82, 2.24) is 14.9 Å². The van der Waals surface area contributed by atoms with E-state index in [-0.39, 0.29) is 11.8 Å². The molecule has 2 amide bonds. The van der Waals surface area contributed by atoms with E-state index in [1.165, 1.54) is 0 Å². The van der Waals surface area contributed by atoms with Gasteiger partial charge in [0.2, 0.25) is 0 Å². The van der Waals surface area contributed by atoms with Gasteiger partial charge in [-0.3, -0.25) is 14.6 Å². The number of halogens is 1. The zero-order valence-corrected chi connectivity index (χ0v) is 24.0. The number of hydrogen-bond acceptors (Lipinski definition) is 3. The van der Waals surface area contributed by atoms with Crippen LogP contribution in [0.2, 0.25) is 5.02 Å². The molecule has 0 spiro atoms. The first-order valence-corrected chi connectivity index (χ1v) is 14.5. The number of fused-ring (bicyclic) bond motifs is 3. The largest absolute Gasteiger partial charge is 0.345 e. The molecule has 6 aromatic rings. The van der Waals surface area contributed by atoms with E-state index >= 15 is 0 Å². The lowest BCUT2D eigenvalue weighted by Crippen LogP contribution is -2.30. The molecule has 0 radical (unpaired) electrons. The monoisotopic (exact) mass is 582 g/mol. The van der Waals surface area contributed by atoms with Crippen molar-refractivity contribution in [3.63, 3.8) is 0 Å². The molecular weight excluding hydrogens is 556 g/mol. The van der Waals surface area contributed by atoms with E-state index in [4.69, 9.17) is 11.6 Å². The molecule has 0 bridgehead atoms. The predicted molar refractivity (Wildman–Crippen MR) is 170 cm³/mol. The number of amides is 2. The van der Waals surface area contributed by atoms with Gasteiger partial charge < -0.3 is 14.8 Å². The van der Waals surface area contributed by atoms with Gasteiger partial charge in [-0.25, -0.2) is 0 Å². The average Bonchev–Trinajstić information content (AvgIpc) is 3.36. The molecular formula is C36H27ClN4O2. The number of hydrogen-bond donors (Lipinski definition) is 1. The number of para-hydroxylation sites is 1. The first-order chi connectivity index (χ1) is 21.1. The third-order valence-corrected chi connectivity index (χ3v) is 8.24. The van der Waals surface area contributed by atoms with E-state index in [0.717, 1.165) is 44.5 Å². The molecule has 0 unspecified atom stereocenters. The highest BCUT2D eigenvalue weighted by molar-refractivity contribution is 6.34. The van der Waals surface area contributed by atoms with Gasteiger partial charge in [0.05, 0.1) is 25.3 Å². The first-order valence-electron chi connectivity index (χ1n) is 14.1. The average molecular weight is 583 g/mol. The lowest BCUT2D eigenvalue weighted by atomic mass is 9.97. The third-order valence-electron chi connectivity index (χ3n) is 7.93. The summed E-state index contributed by atoms with van der Waals surface area (Å²) in [6, 6.07) is 37.0. The highest BCUT2D eigenvalue weighted by atomic mass is 35.5. The minimum Gasteiger partial charge on any atom is -0.345 e. The number of anilines is 1. The van der Waals surface area contributed by atoms with Crippen molar-refractivity contribution in [1.29, 1.82) is 0 Å². The quantitative estimate of drug-likeness (QED) is 0.229. The van der Waals surface area contributed by atoms with Gasteiger partial charge in [-0.1, -0.05) is 84.4 Å². The van der Waals surface area contributed by atoms with Crippen LogP contribution in [0.5, 0.6) is 0 Å². The molecule has 0 saturated heterocycles. The Balaban J connectivity index is 1.20. The molecule has 6 nitrogen and oxygen atoms in total. The lowest BCUT2D eigenvalue weighted by molar-refractivity contribution is 0.0940. The van der Waals surface area contributed by atoms with Gasteiger partial charge in [-0.05, 0) is 64.4 Å². The lowest BCUT2D eigenvalue weighted by Gasteiger charge is -2.23. The summed E-state index contributed by atoms with van der Waals surface area (Å²) in [6.07, 6.45) is 1.71. The molecule has 1 N–H and O–H groups in total. The van der Waals surface area contributed by atoms with Crippen molar-refractivity contribution in [2.45, 2.75) is 19.6 Å². The van der Waals surface area contributed by atoms with Gasteiger partial charge in [-0.15, -0.1) is 0 Å². The summed E-state index contributed by atoms with van der Waals surface area (Å²) >= 11 is 6.85. The summed E-state index contributed by atoms with van der Waals surface area (Å²) in [7, 11) is 0. The van der Waals surface area contributed by atoms with Gasteiger partial charge in [0, 0.05) is 33.7 Å². The second-order valence-corrected chi connectivity index (χ2v) is 10.9. The second kappa shape index (κ2) is 11.2. The van der Waals surface area contributed by atoms with Crippen molar-refractivity contribution >= 4 is 39.9 Å². The van der Waals surface area contributed by atoms with Crippen molar-refractivity contribution in [2.75, 3.05) is 4.90 Å². The first kappa shape index (κ1) is 26.7. The summed E-state index contributed by atoms with van der Waals surface area (Å²) in [5.41, 5.74) is 6.34. The van der Waals surface area contributed by atoms with Crippen LogP contribution in [0.1, 0.15) is 37.8 Å². The van der Waals surface area contributed by atoms with Crippen LogP contribution in [-0.4, -0.2) is 21.4 Å². The molecule has 7 rings (SSSR count). The van der Waals surface area contributed by atoms with Crippen LogP contribution >= 0.6 is 11.6 Å². The zero-order chi connectivity index (χ0) is 29.3. The van der Waals surface area contributed by atoms with Gasteiger partial charge in [0.15, 0.2) is 0 Å². The molecule has 1 aliphatic rings. The van der Waals surface area contributed by atoms with E-state index < -0.39 is 0 Å². The van der Waals surface area contributed by atoms with Crippen molar-refractivity contribution < 1.29 is 9.59 Å². The van der Waals surface area contributed by atoms with Crippen LogP contribution in [0.4, 0.5) is 5.69 Å². The minimum absolute atomic E-state index is 0.158. The maximum atomic E-state index is 14.1. The summed E-state index contributed by atoms with van der Waals surface area (Å²) in [6.45, 7) is 1.11.